The minimum Gasteiger partial charge on any atom is -0.457 e. The van der Waals surface area contributed by atoms with Crippen LogP contribution >= 0.6 is 0 Å². The molecular weight excluding hydrogens is 384 g/mol. The van der Waals surface area contributed by atoms with Gasteiger partial charge in [-0.15, -0.1) is 0 Å². The summed E-state index contributed by atoms with van der Waals surface area (Å²) in [6.07, 6.45) is 12.0. The van der Waals surface area contributed by atoms with Crippen LogP contribution in [0.15, 0.2) is 59.5 Å². The van der Waals surface area contributed by atoms with Crippen molar-refractivity contribution in [1.82, 2.24) is 0 Å². The topological polar surface area (TPSA) is 52.6 Å². The van der Waals surface area contributed by atoms with Crippen LogP contribution in [0.1, 0.15) is 71.1 Å². The van der Waals surface area contributed by atoms with E-state index in [0.717, 1.165) is 19.3 Å². The molecule has 0 fully saturated rings. The molecule has 0 amide bonds. The zero-order chi connectivity index (χ0) is 20.8. The van der Waals surface area contributed by atoms with Gasteiger partial charge in [-0.2, -0.15) is 8.42 Å². The van der Waals surface area contributed by atoms with Crippen LogP contribution in [0.2, 0.25) is 0 Å². The van der Waals surface area contributed by atoms with E-state index >= 15 is 0 Å². The van der Waals surface area contributed by atoms with Crippen LogP contribution in [0.25, 0.3) is 0 Å². The summed E-state index contributed by atoms with van der Waals surface area (Å²) in [6.45, 7) is 2.47. The van der Waals surface area contributed by atoms with E-state index < -0.39 is 10.1 Å². The van der Waals surface area contributed by atoms with Gasteiger partial charge in [0.1, 0.15) is 11.5 Å². The predicted octanol–water partition coefficient (Wildman–Crippen LogP) is 7.11. The standard InChI is InChI=1S/C24H34O4S/c1-2-3-4-5-6-7-8-9-10-14-21-27-29(25,26)24-19-17-23(18-20-24)28-22-15-12-11-13-16-22/h11-13,15-20H,2-10,14,21H2,1H3. The molecule has 0 radical (unpaired) electrons. The van der Waals surface area contributed by atoms with E-state index in [1.807, 2.05) is 30.3 Å². The Bertz CT molecular complexity index is 770. The lowest BCUT2D eigenvalue weighted by Gasteiger charge is -2.08. The molecule has 160 valence electrons. The largest absolute Gasteiger partial charge is 0.457 e. The van der Waals surface area contributed by atoms with Crippen LogP contribution in [0.5, 0.6) is 11.5 Å². The molecule has 0 heterocycles. The minimum atomic E-state index is -3.72. The van der Waals surface area contributed by atoms with E-state index in [0.29, 0.717) is 11.5 Å². The third kappa shape index (κ3) is 9.46. The third-order valence-electron chi connectivity index (χ3n) is 4.83. The number of ether oxygens (including phenoxy) is 1. The maximum Gasteiger partial charge on any atom is 0.296 e. The Kier molecular flexibility index (Phi) is 10.8. The zero-order valence-electron chi connectivity index (χ0n) is 17.5. The van der Waals surface area contributed by atoms with E-state index in [4.69, 9.17) is 8.92 Å². The zero-order valence-corrected chi connectivity index (χ0v) is 18.3. The SMILES string of the molecule is CCCCCCCCCCCCOS(=O)(=O)c1ccc(Oc2ccccc2)cc1. The van der Waals surface area contributed by atoms with Gasteiger partial charge in [0.25, 0.3) is 10.1 Å². The molecule has 4 nitrogen and oxygen atoms in total. The molecule has 29 heavy (non-hydrogen) atoms. The highest BCUT2D eigenvalue weighted by Gasteiger charge is 2.15. The molecular formula is C24H34O4S. The first-order valence-electron chi connectivity index (χ1n) is 10.8. The molecule has 2 aromatic rings. The van der Waals surface area contributed by atoms with Crippen molar-refractivity contribution < 1.29 is 17.3 Å². The molecule has 0 saturated carbocycles. The quantitative estimate of drug-likeness (QED) is 0.228. The molecule has 0 saturated heterocycles. The second-order valence-electron chi connectivity index (χ2n) is 7.34. The molecule has 0 spiro atoms. The fourth-order valence-corrected chi connectivity index (χ4v) is 4.07. The van der Waals surface area contributed by atoms with Gasteiger partial charge in [0.2, 0.25) is 0 Å². The highest BCUT2D eigenvalue weighted by atomic mass is 32.2. The number of rotatable bonds is 15. The second-order valence-corrected chi connectivity index (χ2v) is 8.96. The minimum absolute atomic E-state index is 0.157. The molecule has 0 bridgehead atoms. The highest BCUT2D eigenvalue weighted by Crippen LogP contribution is 2.23. The van der Waals surface area contributed by atoms with Crippen LogP contribution in [0.4, 0.5) is 0 Å². The van der Waals surface area contributed by atoms with Crippen LogP contribution in [-0.2, 0) is 14.3 Å². The lowest BCUT2D eigenvalue weighted by atomic mass is 10.1. The fourth-order valence-electron chi connectivity index (χ4n) is 3.13. The molecule has 2 aromatic carbocycles. The van der Waals surface area contributed by atoms with Crippen molar-refractivity contribution in [3.05, 3.63) is 54.6 Å². The van der Waals surface area contributed by atoms with Gasteiger partial charge in [0.05, 0.1) is 11.5 Å². The van der Waals surface area contributed by atoms with E-state index in [2.05, 4.69) is 6.92 Å². The lowest BCUT2D eigenvalue weighted by Crippen LogP contribution is -2.07. The molecule has 0 aliphatic carbocycles. The highest BCUT2D eigenvalue weighted by molar-refractivity contribution is 7.86. The van der Waals surface area contributed by atoms with E-state index in [1.54, 1.807) is 12.1 Å². The average Bonchev–Trinajstić information content (AvgIpc) is 2.73. The summed E-state index contributed by atoms with van der Waals surface area (Å²) in [6, 6.07) is 15.7. The van der Waals surface area contributed by atoms with Crippen LogP contribution in [0.3, 0.4) is 0 Å². The van der Waals surface area contributed by atoms with E-state index in [1.165, 1.54) is 57.1 Å². The number of hydrogen-bond donors (Lipinski definition) is 0. The summed E-state index contributed by atoms with van der Waals surface area (Å²) < 4.78 is 35.5. The van der Waals surface area contributed by atoms with Crippen LogP contribution < -0.4 is 4.74 Å². The summed E-state index contributed by atoms with van der Waals surface area (Å²) in [7, 11) is -3.72. The first kappa shape index (κ1) is 23.4. The predicted molar refractivity (Wildman–Crippen MR) is 118 cm³/mol. The van der Waals surface area contributed by atoms with Gasteiger partial charge in [-0.3, -0.25) is 4.18 Å². The van der Waals surface area contributed by atoms with Gasteiger partial charge in [-0.1, -0.05) is 82.9 Å². The van der Waals surface area contributed by atoms with Crippen LogP contribution in [0, 0.1) is 0 Å². The van der Waals surface area contributed by atoms with Crippen molar-refractivity contribution in [3.63, 3.8) is 0 Å². The van der Waals surface area contributed by atoms with Gasteiger partial charge < -0.3 is 4.74 Å². The molecule has 5 heteroatoms. The van der Waals surface area contributed by atoms with Crippen molar-refractivity contribution in [2.75, 3.05) is 6.61 Å². The smallest absolute Gasteiger partial charge is 0.296 e. The Labute approximate surface area is 176 Å². The monoisotopic (exact) mass is 418 g/mol. The summed E-state index contributed by atoms with van der Waals surface area (Å²) >= 11 is 0. The van der Waals surface area contributed by atoms with Crippen molar-refractivity contribution in [2.24, 2.45) is 0 Å². The third-order valence-corrected chi connectivity index (χ3v) is 6.15. The maximum atomic E-state index is 12.3. The van der Waals surface area contributed by atoms with E-state index in [-0.39, 0.29) is 11.5 Å². The number of benzene rings is 2. The first-order valence-corrected chi connectivity index (χ1v) is 12.2. The summed E-state index contributed by atoms with van der Waals surface area (Å²) in [5.74, 6) is 1.30. The van der Waals surface area contributed by atoms with Crippen molar-refractivity contribution in [3.8, 4) is 11.5 Å². The lowest BCUT2D eigenvalue weighted by molar-refractivity contribution is 0.306. The van der Waals surface area contributed by atoms with Gasteiger partial charge >= 0.3 is 0 Å². The number of unbranched alkanes of at least 4 members (excludes halogenated alkanes) is 9. The van der Waals surface area contributed by atoms with Crippen molar-refractivity contribution in [1.29, 1.82) is 0 Å². The summed E-state index contributed by atoms with van der Waals surface area (Å²) in [5.41, 5.74) is 0. The van der Waals surface area contributed by atoms with Crippen LogP contribution in [-0.4, -0.2) is 15.0 Å². The molecule has 0 atom stereocenters. The Hall–Kier alpha value is -1.85. The molecule has 0 aliphatic heterocycles. The van der Waals surface area contributed by atoms with Crippen molar-refractivity contribution >= 4 is 10.1 Å². The molecule has 0 aromatic heterocycles. The number of hydrogen-bond acceptors (Lipinski definition) is 4. The van der Waals surface area contributed by atoms with E-state index in [9.17, 15) is 8.42 Å². The first-order chi connectivity index (χ1) is 14.1. The Morgan fingerprint density at radius 2 is 1.17 bits per heavy atom. The molecule has 0 aliphatic rings. The number of para-hydroxylation sites is 1. The Morgan fingerprint density at radius 3 is 1.76 bits per heavy atom. The van der Waals surface area contributed by atoms with Gasteiger partial charge in [-0.25, -0.2) is 0 Å². The average molecular weight is 419 g/mol. The van der Waals surface area contributed by atoms with Gasteiger partial charge in [-0.05, 0) is 42.8 Å². The van der Waals surface area contributed by atoms with Gasteiger partial charge in [0.15, 0.2) is 0 Å². The fraction of sp³-hybridized carbons (Fsp3) is 0.500. The Morgan fingerprint density at radius 1 is 0.655 bits per heavy atom. The maximum absolute atomic E-state index is 12.3. The molecule has 0 unspecified atom stereocenters. The Balaban J connectivity index is 1.62. The normalized spacial score (nSPS) is 11.5. The van der Waals surface area contributed by atoms with Crippen molar-refractivity contribution in [2.45, 2.75) is 76.0 Å². The summed E-state index contributed by atoms with van der Waals surface area (Å²) in [4.78, 5) is 0.157. The summed E-state index contributed by atoms with van der Waals surface area (Å²) in [5, 5.41) is 0. The molecule has 2 rings (SSSR count). The molecule has 0 N–H and O–H groups in total. The van der Waals surface area contributed by atoms with Gasteiger partial charge in [0, 0.05) is 0 Å². The second kappa shape index (κ2) is 13.4.